The Balaban J connectivity index is 1.68. The van der Waals surface area contributed by atoms with Gasteiger partial charge < -0.3 is 20.3 Å². The number of carbonyl (C=O) groups excluding carboxylic acids is 1. The number of ether oxygens (including phenoxy) is 1. The highest BCUT2D eigenvalue weighted by molar-refractivity contribution is 5.93. The molecule has 0 heterocycles. The molecule has 150 valence electrons. The van der Waals surface area contributed by atoms with Crippen molar-refractivity contribution in [3.05, 3.63) is 65.2 Å². The Kier molecular flexibility index (Phi) is 8.34. The van der Waals surface area contributed by atoms with Crippen molar-refractivity contribution in [1.82, 2.24) is 15.5 Å². The lowest BCUT2D eigenvalue weighted by Gasteiger charge is -2.13. The van der Waals surface area contributed by atoms with E-state index in [1.54, 1.807) is 26.0 Å². The van der Waals surface area contributed by atoms with E-state index < -0.39 is 0 Å². The molecule has 2 N–H and O–H groups in total. The summed E-state index contributed by atoms with van der Waals surface area (Å²) in [5.74, 6) is 1.64. The van der Waals surface area contributed by atoms with Crippen LogP contribution in [0.1, 0.15) is 27.9 Å². The molecule has 0 bridgehead atoms. The molecule has 0 aliphatic rings. The van der Waals surface area contributed by atoms with Gasteiger partial charge in [0.25, 0.3) is 5.91 Å². The Morgan fingerprint density at radius 1 is 1.04 bits per heavy atom. The first-order valence-electron chi connectivity index (χ1n) is 9.44. The fourth-order valence-electron chi connectivity index (χ4n) is 2.53. The monoisotopic (exact) mass is 382 g/mol. The number of nitrogens with one attached hydrogen (secondary N) is 2. The highest BCUT2D eigenvalue weighted by Crippen LogP contribution is 2.11. The highest BCUT2D eigenvalue weighted by atomic mass is 16.5. The summed E-state index contributed by atoms with van der Waals surface area (Å²) >= 11 is 0. The lowest BCUT2D eigenvalue weighted by Crippen LogP contribution is -2.37. The lowest BCUT2D eigenvalue weighted by atomic mass is 10.1. The van der Waals surface area contributed by atoms with E-state index in [0.29, 0.717) is 18.7 Å². The van der Waals surface area contributed by atoms with Crippen molar-refractivity contribution in [2.24, 2.45) is 4.99 Å². The molecule has 0 unspecified atom stereocenters. The average Bonchev–Trinajstić information content (AvgIpc) is 2.71. The van der Waals surface area contributed by atoms with E-state index >= 15 is 0 Å². The molecule has 0 aliphatic heterocycles. The van der Waals surface area contributed by atoms with E-state index in [0.717, 1.165) is 30.2 Å². The SMILES string of the molecule is CN=C(NCCCOc1ccc(C)cc1)NCc1ccc(C(=O)N(C)C)cc1. The van der Waals surface area contributed by atoms with Crippen molar-refractivity contribution < 1.29 is 9.53 Å². The van der Waals surface area contributed by atoms with Crippen molar-refractivity contribution in [1.29, 1.82) is 0 Å². The molecule has 0 saturated heterocycles. The topological polar surface area (TPSA) is 66.0 Å². The van der Waals surface area contributed by atoms with Crippen LogP contribution in [0, 0.1) is 6.92 Å². The predicted molar refractivity (Wildman–Crippen MR) is 114 cm³/mol. The number of carbonyl (C=O) groups is 1. The van der Waals surface area contributed by atoms with E-state index in [2.05, 4.69) is 22.5 Å². The first kappa shape index (κ1) is 21.3. The molecule has 0 atom stereocenters. The van der Waals surface area contributed by atoms with Gasteiger partial charge in [0.15, 0.2) is 5.96 Å². The maximum Gasteiger partial charge on any atom is 0.253 e. The van der Waals surface area contributed by atoms with E-state index in [1.807, 2.05) is 48.5 Å². The van der Waals surface area contributed by atoms with Gasteiger partial charge in [-0.15, -0.1) is 0 Å². The molecule has 0 aliphatic carbocycles. The van der Waals surface area contributed by atoms with Crippen LogP contribution in [-0.4, -0.2) is 51.1 Å². The first-order valence-corrected chi connectivity index (χ1v) is 9.44. The minimum atomic E-state index is 0.00448. The minimum absolute atomic E-state index is 0.00448. The van der Waals surface area contributed by atoms with E-state index in [-0.39, 0.29) is 5.91 Å². The Labute approximate surface area is 167 Å². The molecule has 0 saturated carbocycles. The molecule has 28 heavy (non-hydrogen) atoms. The summed E-state index contributed by atoms with van der Waals surface area (Å²) in [6, 6.07) is 15.7. The van der Waals surface area contributed by atoms with Crippen LogP contribution < -0.4 is 15.4 Å². The molecule has 0 spiro atoms. The molecule has 1 amide bonds. The van der Waals surface area contributed by atoms with Gasteiger partial charge >= 0.3 is 0 Å². The van der Waals surface area contributed by atoms with Crippen molar-refractivity contribution in [2.75, 3.05) is 34.3 Å². The van der Waals surface area contributed by atoms with Crippen LogP contribution in [0.5, 0.6) is 5.75 Å². The number of guanidine groups is 1. The third-order valence-electron chi connectivity index (χ3n) is 4.19. The zero-order valence-corrected chi connectivity index (χ0v) is 17.2. The largest absolute Gasteiger partial charge is 0.494 e. The Hall–Kier alpha value is -3.02. The Morgan fingerprint density at radius 3 is 2.32 bits per heavy atom. The van der Waals surface area contributed by atoms with Crippen LogP contribution in [0.25, 0.3) is 0 Å². The van der Waals surface area contributed by atoms with E-state index in [9.17, 15) is 4.79 Å². The number of amides is 1. The molecule has 6 nitrogen and oxygen atoms in total. The molecule has 0 fully saturated rings. The smallest absolute Gasteiger partial charge is 0.253 e. The Morgan fingerprint density at radius 2 is 1.71 bits per heavy atom. The number of aliphatic imine (C=N–C) groups is 1. The van der Waals surface area contributed by atoms with Gasteiger partial charge in [0, 0.05) is 39.8 Å². The van der Waals surface area contributed by atoms with Crippen LogP contribution in [0.15, 0.2) is 53.5 Å². The van der Waals surface area contributed by atoms with Gasteiger partial charge in [0.05, 0.1) is 6.61 Å². The van der Waals surface area contributed by atoms with E-state index in [1.165, 1.54) is 5.56 Å². The van der Waals surface area contributed by atoms with Gasteiger partial charge in [0.2, 0.25) is 0 Å². The van der Waals surface area contributed by atoms with Gasteiger partial charge in [-0.3, -0.25) is 9.79 Å². The summed E-state index contributed by atoms with van der Waals surface area (Å²) in [4.78, 5) is 17.7. The number of benzene rings is 2. The summed E-state index contributed by atoms with van der Waals surface area (Å²) in [6.07, 6.45) is 0.871. The Bertz CT molecular complexity index is 768. The molecular weight excluding hydrogens is 352 g/mol. The fourth-order valence-corrected chi connectivity index (χ4v) is 2.53. The quantitative estimate of drug-likeness (QED) is 0.419. The van der Waals surface area contributed by atoms with Gasteiger partial charge in [-0.05, 0) is 43.2 Å². The number of hydrogen-bond donors (Lipinski definition) is 2. The number of aryl methyl sites for hydroxylation is 1. The van der Waals surface area contributed by atoms with Crippen molar-refractivity contribution >= 4 is 11.9 Å². The third kappa shape index (κ3) is 6.95. The fraction of sp³-hybridized carbons (Fsp3) is 0.364. The van der Waals surface area contributed by atoms with Crippen LogP contribution in [0.2, 0.25) is 0 Å². The average molecular weight is 383 g/mol. The van der Waals surface area contributed by atoms with Gasteiger partial charge in [-0.1, -0.05) is 29.8 Å². The van der Waals surface area contributed by atoms with Crippen LogP contribution in [-0.2, 0) is 6.54 Å². The summed E-state index contributed by atoms with van der Waals surface area (Å²) < 4.78 is 5.72. The molecule has 0 aromatic heterocycles. The van der Waals surface area contributed by atoms with Crippen LogP contribution >= 0.6 is 0 Å². The zero-order chi connectivity index (χ0) is 20.4. The van der Waals surface area contributed by atoms with Crippen LogP contribution in [0.3, 0.4) is 0 Å². The van der Waals surface area contributed by atoms with Crippen LogP contribution in [0.4, 0.5) is 0 Å². The van der Waals surface area contributed by atoms with Gasteiger partial charge in [-0.25, -0.2) is 0 Å². The summed E-state index contributed by atoms with van der Waals surface area (Å²) in [6.45, 7) is 4.11. The molecule has 0 radical (unpaired) electrons. The second-order valence-corrected chi connectivity index (χ2v) is 6.76. The minimum Gasteiger partial charge on any atom is -0.494 e. The molecular formula is C22H30N4O2. The maximum atomic E-state index is 11.9. The summed E-state index contributed by atoms with van der Waals surface area (Å²) in [5.41, 5.74) is 2.99. The van der Waals surface area contributed by atoms with Gasteiger partial charge in [-0.2, -0.15) is 0 Å². The summed E-state index contributed by atoms with van der Waals surface area (Å²) in [5, 5.41) is 6.55. The maximum absolute atomic E-state index is 11.9. The normalized spacial score (nSPS) is 11.1. The number of nitrogens with zero attached hydrogens (tertiary/aromatic N) is 2. The molecule has 2 aromatic carbocycles. The number of rotatable bonds is 8. The second-order valence-electron chi connectivity index (χ2n) is 6.76. The first-order chi connectivity index (χ1) is 13.5. The number of hydrogen-bond acceptors (Lipinski definition) is 3. The third-order valence-corrected chi connectivity index (χ3v) is 4.19. The lowest BCUT2D eigenvalue weighted by molar-refractivity contribution is 0.0827. The zero-order valence-electron chi connectivity index (χ0n) is 17.2. The summed E-state index contributed by atoms with van der Waals surface area (Å²) in [7, 11) is 5.25. The predicted octanol–water partition coefficient (Wildman–Crippen LogP) is 2.83. The highest BCUT2D eigenvalue weighted by Gasteiger charge is 2.07. The van der Waals surface area contributed by atoms with Crippen molar-refractivity contribution in [3.8, 4) is 5.75 Å². The van der Waals surface area contributed by atoms with Crippen molar-refractivity contribution in [2.45, 2.75) is 19.9 Å². The second kappa shape index (κ2) is 11.0. The van der Waals surface area contributed by atoms with Gasteiger partial charge in [0.1, 0.15) is 5.75 Å². The van der Waals surface area contributed by atoms with E-state index in [4.69, 9.17) is 4.74 Å². The molecule has 2 aromatic rings. The molecule has 6 heteroatoms. The molecule has 2 rings (SSSR count). The van der Waals surface area contributed by atoms with Crippen molar-refractivity contribution in [3.63, 3.8) is 0 Å². The standard InChI is InChI=1S/C22H30N4O2/c1-17-6-12-20(13-7-17)28-15-5-14-24-22(23-2)25-16-18-8-10-19(11-9-18)21(27)26(3)4/h6-13H,5,14-16H2,1-4H3,(H2,23,24,25).